The van der Waals surface area contributed by atoms with Gasteiger partial charge in [-0.25, -0.2) is 4.79 Å². The minimum absolute atomic E-state index is 0.0837. The van der Waals surface area contributed by atoms with Crippen LogP contribution in [0.1, 0.15) is 21.5 Å². The molecule has 0 radical (unpaired) electrons. The highest BCUT2D eigenvalue weighted by molar-refractivity contribution is 6.29. The molecule has 1 unspecified atom stereocenters. The van der Waals surface area contributed by atoms with Crippen LogP contribution in [0.5, 0.6) is 0 Å². The molecule has 1 heterocycles. The molecule has 3 aromatic rings. The maximum atomic E-state index is 13.2. The largest absolute Gasteiger partial charge is 0.478 e. The van der Waals surface area contributed by atoms with Gasteiger partial charge in [-0.3, -0.25) is 9.79 Å². The third-order valence-electron chi connectivity index (χ3n) is 4.79. The number of aromatic carboxylic acids is 1. The number of hydrazone groups is 1. The number of benzene rings is 3. The lowest BCUT2D eigenvalue weighted by molar-refractivity contribution is -0.118. The van der Waals surface area contributed by atoms with E-state index in [9.17, 15) is 14.7 Å². The number of anilines is 1. The Bertz CT molecular complexity index is 1150. The van der Waals surface area contributed by atoms with Crippen molar-refractivity contribution in [3.8, 4) is 0 Å². The molecule has 148 valence electrons. The second-order valence-electron chi connectivity index (χ2n) is 6.92. The molecule has 1 aliphatic rings. The van der Waals surface area contributed by atoms with Gasteiger partial charge in [0.15, 0.2) is 0 Å². The summed E-state index contributed by atoms with van der Waals surface area (Å²) in [6, 6.07) is 23.5. The summed E-state index contributed by atoms with van der Waals surface area (Å²) in [7, 11) is 0. The normalized spacial score (nSPS) is 16.2. The molecule has 0 saturated carbocycles. The fourth-order valence-corrected chi connectivity index (χ4v) is 3.29. The van der Waals surface area contributed by atoms with Crippen LogP contribution in [-0.2, 0) is 4.79 Å². The lowest BCUT2D eigenvalue weighted by Gasteiger charge is -2.12. The summed E-state index contributed by atoms with van der Waals surface area (Å²) >= 11 is 0. The zero-order valence-electron chi connectivity index (χ0n) is 16.3. The van der Waals surface area contributed by atoms with Crippen LogP contribution in [0.2, 0.25) is 0 Å². The SMILES string of the molecule is Cc1ccc(C(=O)O)c(/N=C/C2C(=O)N(c3ccccc3)N=C2c2ccccc2)c1. The van der Waals surface area contributed by atoms with E-state index in [-0.39, 0.29) is 11.5 Å². The molecule has 1 aliphatic heterocycles. The summed E-state index contributed by atoms with van der Waals surface area (Å²) in [5.41, 5.74) is 3.31. The predicted molar refractivity (Wildman–Crippen MR) is 117 cm³/mol. The van der Waals surface area contributed by atoms with E-state index in [1.807, 2.05) is 67.6 Å². The molecule has 0 fully saturated rings. The molecule has 1 atom stereocenters. The second-order valence-corrected chi connectivity index (χ2v) is 6.92. The van der Waals surface area contributed by atoms with E-state index in [2.05, 4.69) is 10.1 Å². The lowest BCUT2D eigenvalue weighted by Crippen LogP contribution is -2.28. The topological polar surface area (TPSA) is 82.3 Å². The van der Waals surface area contributed by atoms with Gasteiger partial charge >= 0.3 is 5.97 Å². The first kappa shape index (κ1) is 19.3. The first-order valence-electron chi connectivity index (χ1n) is 9.45. The van der Waals surface area contributed by atoms with Crippen LogP contribution in [0, 0.1) is 12.8 Å². The molecule has 0 saturated heterocycles. The summed E-state index contributed by atoms with van der Waals surface area (Å²) in [6.07, 6.45) is 1.48. The first-order chi connectivity index (χ1) is 14.5. The molecule has 6 nitrogen and oxygen atoms in total. The Hall–Kier alpha value is -4.06. The highest BCUT2D eigenvalue weighted by Gasteiger charge is 2.36. The van der Waals surface area contributed by atoms with E-state index < -0.39 is 11.9 Å². The number of carbonyl (C=O) groups is 2. The Morgan fingerprint density at radius 2 is 1.70 bits per heavy atom. The summed E-state index contributed by atoms with van der Waals surface area (Å²) in [5, 5.41) is 15.4. The van der Waals surface area contributed by atoms with Gasteiger partial charge in [0.05, 0.1) is 22.6 Å². The van der Waals surface area contributed by atoms with Crippen LogP contribution in [0.3, 0.4) is 0 Å². The van der Waals surface area contributed by atoms with Crippen molar-refractivity contribution in [3.63, 3.8) is 0 Å². The van der Waals surface area contributed by atoms with Crippen LogP contribution in [-0.4, -0.2) is 28.9 Å². The number of carboxylic acids is 1. The van der Waals surface area contributed by atoms with Gasteiger partial charge in [-0.15, -0.1) is 0 Å². The van der Waals surface area contributed by atoms with Crippen molar-refractivity contribution < 1.29 is 14.7 Å². The van der Waals surface area contributed by atoms with Crippen molar-refractivity contribution in [1.29, 1.82) is 0 Å². The van der Waals surface area contributed by atoms with Crippen LogP contribution in [0.15, 0.2) is 89.0 Å². The molecule has 6 heteroatoms. The van der Waals surface area contributed by atoms with Crippen molar-refractivity contribution in [2.45, 2.75) is 6.92 Å². The fourth-order valence-electron chi connectivity index (χ4n) is 3.29. The van der Waals surface area contributed by atoms with Crippen LogP contribution >= 0.6 is 0 Å². The molecule has 0 aliphatic carbocycles. The summed E-state index contributed by atoms with van der Waals surface area (Å²) in [5.74, 6) is -2.04. The van der Waals surface area contributed by atoms with Crippen LogP contribution < -0.4 is 5.01 Å². The Balaban J connectivity index is 1.75. The van der Waals surface area contributed by atoms with Crippen molar-refractivity contribution in [2.75, 3.05) is 5.01 Å². The lowest BCUT2D eigenvalue weighted by atomic mass is 9.98. The smallest absolute Gasteiger partial charge is 0.337 e. The predicted octanol–water partition coefficient (Wildman–Crippen LogP) is 4.46. The van der Waals surface area contributed by atoms with Gasteiger partial charge in [0.25, 0.3) is 5.91 Å². The number of rotatable bonds is 5. The number of hydrogen-bond donors (Lipinski definition) is 1. The van der Waals surface area contributed by atoms with Gasteiger partial charge in [0.1, 0.15) is 5.92 Å². The Morgan fingerprint density at radius 3 is 2.37 bits per heavy atom. The number of aryl methyl sites for hydroxylation is 1. The Labute approximate surface area is 173 Å². The summed E-state index contributed by atoms with van der Waals surface area (Å²) in [4.78, 5) is 29.1. The van der Waals surface area contributed by atoms with Crippen LogP contribution in [0.25, 0.3) is 0 Å². The molecular weight excluding hydrogens is 378 g/mol. The molecule has 1 N–H and O–H groups in total. The third kappa shape index (κ3) is 3.75. The average molecular weight is 397 g/mol. The van der Waals surface area contributed by atoms with Gasteiger partial charge in [-0.2, -0.15) is 10.1 Å². The Morgan fingerprint density at radius 1 is 1.03 bits per heavy atom. The molecule has 4 rings (SSSR count). The maximum Gasteiger partial charge on any atom is 0.337 e. The number of para-hydroxylation sites is 1. The number of carbonyl (C=O) groups excluding carboxylic acids is 1. The molecule has 0 bridgehead atoms. The third-order valence-corrected chi connectivity index (χ3v) is 4.79. The number of aliphatic imine (C=N–C) groups is 1. The van der Waals surface area contributed by atoms with Crippen molar-refractivity contribution in [2.24, 2.45) is 16.0 Å². The second kappa shape index (κ2) is 8.13. The highest BCUT2D eigenvalue weighted by Crippen LogP contribution is 2.27. The van der Waals surface area contributed by atoms with Gasteiger partial charge in [0.2, 0.25) is 0 Å². The maximum absolute atomic E-state index is 13.2. The molecule has 3 aromatic carbocycles. The van der Waals surface area contributed by atoms with Crippen molar-refractivity contribution in [3.05, 3.63) is 95.6 Å². The van der Waals surface area contributed by atoms with Gasteiger partial charge in [-0.1, -0.05) is 54.6 Å². The quantitative estimate of drug-likeness (QED) is 0.645. The minimum atomic E-state index is -1.07. The minimum Gasteiger partial charge on any atom is -0.478 e. The fraction of sp³-hybridized carbons (Fsp3) is 0.0833. The number of carboxylic acid groups (broad SMARTS) is 1. The molecule has 0 aromatic heterocycles. The van der Waals surface area contributed by atoms with E-state index >= 15 is 0 Å². The Kier molecular flexibility index (Phi) is 5.22. The number of amides is 1. The number of hydrogen-bond acceptors (Lipinski definition) is 4. The van der Waals surface area contributed by atoms with Crippen molar-refractivity contribution >= 4 is 35.2 Å². The summed E-state index contributed by atoms with van der Waals surface area (Å²) in [6.45, 7) is 1.86. The summed E-state index contributed by atoms with van der Waals surface area (Å²) < 4.78 is 0. The standard InChI is InChI=1S/C24H19N3O3/c1-16-12-13-19(24(29)30)21(14-16)25-15-20-22(17-8-4-2-5-9-17)26-27(23(20)28)18-10-6-3-7-11-18/h2-15,20H,1H3,(H,29,30)/b25-15+. The molecular formula is C24H19N3O3. The van der Waals surface area contributed by atoms with Gasteiger partial charge < -0.3 is 5.11 Å². The van der Waals surface area contributed by atoms with Gasteiger partial charge in [-0.05, 0) is 42.3 Å². The molecule has 1 amide bonds. The highest BCUT2D eigenvalue weighted by atomic mass is 16.4. The molecule has 0 spiro atoms. The van der Waals surface area contributed by atoms with E-state index in [0.29, 0.717) is 17.1 Å². The van der Waals surface area contributed by atoms with E-state index in [1.54, 1.807) is 12.1 Å². The average Bonchev–Trinajstić information content (AvgIpc) is 3.09. The number of nitrogens with zero attached hydrogens (tertiary/aromatic N) is 3. The zero-order valence-corrected chi connectivity index (χ0v) is 16.3. The van der Waals surface area contributed by atoms with E-state index in [0.717, 1.165) is 11.1 Å². The van der Waals surface area contributed by atoms with E-state index in [4.69, 9.17) is 0 Å². The monoisotopic (exact) mass is 397 g/mol. The van der Waals surface area contributed by atoms with Crippen molar-refractivity contribution in [1.82, 2.24) is 0 Å². The van der Waals surface area contributed by atoms with Crippen LogP contribution in [0.4, 0.5) is 11.4 Å². The molecule has 30 heavy (non-hydrogen) atoms. The zero-order chi connectivity index (χ0) is 21.1. The first-order valence-corrected chi connectivity index (χ1v) is 9.45. The van der Waals surface area contributed by atoms with E-state index in [1.165, 1.54) is 17.3 Å². The van der Waals surface area contributed by atoms with Gasteiger partial charge in [0, 0.05) is 6.21 Å².